The van der Waals surface area contributed by atoms with E-state index in [1.165, 1.54) is 0 Å². The Balaban J connectivity index is 1.91. The molecule has 0 bridgehead atoms. The molecule has 0 aromatic heterocycles. The third-order valence-corrected chi connectivity index (χ3v) is 6.33. The van der Waals surface area contributed by atoms with Gasteiger partial charge < -0.3 is 5.32 Å². The minimum Gasteiger partial charge on any atom is -0.383 e. The predicted molar refractivity (Wildman–Crippen MR) is 85.8 cm³/mol. The summed E-state index contributed by atoms with van der Waals surface area (Å²) in [5, 5.41) is 3.31. The Hall–Kier alpha value is -1.27. The highest BCUT2D eigenvalue weighted by Gasteiger charge is 2.33. The largest absolute Gasteiger partial charge is 0.383 e. The molecule has 0 amide bonds. The van der Waals surface area contributed by atoms with Crippen LogP contribution in [0.2, 0.25) is 0 Å². The van der Waals surface area contributed by atoms with Gasteiger partial charge in [-0.25, -0.2) is 0 Å². The van der Waals surface area contributed by atoms with Crippen molar-refractivity contribution >= 4 is 21.6 Å². The van der Waals surface area contributed by atoms with Crippen molar-refractivity contribution in [2.75, 3.05) is 35.8 Å². The standard InChI is InChI=1S/C15H23N3O2S/c1-13-7-11-17(12-8-13)21(19,20)18-10-4-9-16-14-5-2-3-6-15(14)18/h2-3,5-6,13,16H,4,7-12H2,1H3. The first-order valence-electron chi connectivity index (χ1n) is 7.70. The highest BCUT2D eigenvalue weighted by Crippen LogP contribution is 2.32. The molecule has 2 aliphatic rings. The molecule has 1 saturated heterocycles. The van der Waals surface area contributed by atoms with E-state index in [1.807, 2.05) is 24.3 Å². The fourth-order valence-electron chi connectivity index (χ4n) is 3.00. The van der Waals surface area contributed by atoms with Crippen LogP contribution < -0.4 is 9.62 Å². The number of benzene rings is 1. The molecule has 0 atom stereocenters. The van der Waals surface area contributed by atoms with E-state index in [9.17, 15) is 8.42 Å². The van der Waals surface area contributed by atoms with Gasteiger partial charge in [0.05, 0.1) is 11.4 Å². The lowest BCUT2D eigenvalue weighted by molar-refractivity contribution is 0.287. The molecule has 116 valence electrons. The first-order valence-corrected chi connectivity index (χ1v) is 9.09. The Labute approximate surface area is 127 Å². The summed E-state index contributed by atoms with van der Waals surface area (Å²) in [6.45, 7) is 4.80. The van der Waals surface area contributed by atoms with Crippen molar-refractivity contribution in [1.82, 2.24) is 4.31 Å². The van der Waals surface area contributed by atoms with Crippen LogP contribution in [-0.4, -0.2) is 38.9 Å². The molecule has 1 fully saturated rings. The molecule has 6 heteroatoms. The van der Waals surface area contributed by atoms with Crippen molar-refractivity contribution in [2.24, 2.45) is 5.92 Å². The zero-order chi connectivity index (χ0) is 14.9. The van der Waals surface area contributed by atoms with Crippen LogP contribution >= 0.6 is 0 Å². The van der Waals surface area contributed by atoms with Crippen LogP contribution in [0, 0.1) is 5.92 Å². The van der Waals surface area contributed by atoms with Crippen LogP contribution in [0.15, 0.2) is 24.3 Å². The summed E-state index contributed by atoms with van der Waals surface area (Å²) in [6, 6.07) is 7.66. The molecule has 0 unspecified atom stereocenters. The summed E-state index contributed by atoms with van der Waals surface area (Å²) in [6.07, 6.45) is 2.72. The topological polar surface area (TPSA) is 52.7 Å². The van der Waals surface area contributed by atoms with Crippen molar-refractivity contribution in [3.05, 3.63) is 24.3 Å². The van der Waals surface area contributed by atoms with E-state index in [-0.39, 0.29) is 0 Å². The average molecular weight is 309 g/mol. The lowest BCUT2D eigenvalue weighted by Crippen LogP contribution is -2.47. The van der Waals surface area contributed by atoms with Crippen molar-refractivity contribution < 1.29 is 8.42 Å². The second-order valence-electron chi connectivity index (χ2n) is 5.96. The Morgan fingerprint density at radius 2 is 1.86 bits per heavy atom. The zero-order valence-electron chi connectivity index (χ0n) is 12.5. The van der Waals surface area contributed by atoms with Crippen LogP contribution in [-0.2, 0) is 10.2 Å². The van der Waals surface area contributed by atoms with Gasteiger partial charge in [-0.3, -0.25) is 4.31 Å². The maximum atomic E-state index is 13.0. The van der Waals surface area contributed by atoms with Crippen molar-refractivity contribution in [3.8, 4) is 0 Å². The molecule has 2 heterocycles. The third kappa shape index (κ3) is 2.87. The number of rotatable bonds is 2. The van der Waals surface area contributed by atoms with E-state index in [1.54, 1.807) is 8.61 Å². The molecule has 1 aromatic rings. The minimum atomic E-state index is -3.42. The van der Waals surface area contributed by atoms with Crippen molar-refractivity contribution in [2.45, 2.75) is 26.2 Å². The maximum Gasteiger partial charge on any atom is 0.304 e. The molecule has 0 spiro atoms. The SMILES string of the molecule is CC1CCN(S(=O)(=O)N2CCCNc3ccccc32)CC1. The Bertz CT molecular complexity index is 595. The van der Waals surface area contributed by atoms with Crippen LogP contribution in [0.5, 0.6) is 0 Å². The molecule has 3 rings (SSSR count). The number of hydrogen-bond acceptors (Lipinski definition) is 3. The normalized spacial score (nSPS) is 21.5. The van der Waals surface area contributed by atoms with Crippen LogP contribution in [0.25, 0.3) is 0 Å². The van der Waals surface area contributed by atoms with Gasteiger partial charge in [0.2, 0.25) is 0 Å². The van der Waals surface area contributed by atoms with Gasteiger partial charge in [0.15, 0.2) is 0 Å². The van der Waals surface area contributed by atoms with Crippen LogP contribution in [0.4, 0.5) is 11.4 Å². The zero-order valence-corrected chi connectivity index (χ0v) is 13.3. The molecule has 0 aliphatic carbocycles. The first-order chi connectivity index (χ1) is 10.1. The van der Waals surface area contributed by atoms with Gasteiger partial charge in [-0.15, -0.1) is 0 Å². The molecule has 1 N–H and O–H groups in total. The number of para-hydroxylation sites is 2. The second-order valence-corrected chi connectivity index (χ2v) is 7.81. The van der Waals surface area contributed by atoms with Crippen LogP contribution in [0.1, 0.15) is 26.2 Å². The number of nitrogens with one attached hydrogen (secondary N) is 1. The van der Waals surface area contributed by atoms with E-state index in [4.69, 9.17) is 0 Å². The molecule has 2 aliphatic heterocycles. The van der Waals surface area contributed by atoms with E-state index in [0.29, 0.717) is 25.6 Å². The van der Waals surface area contributed by atoms with Gasteiger partial charge in [0.25, 0.3) is 0 Å². The Morgan fingerprint density at radius 3 is 2.62 bits per heavy atom. The highest BCUT2D eigenvalue weighted by molar-refractivity contribution is 7.90. The van der Waals surface area contributed by atoms with Crippen molar-refractivity contribution in [3.63, 3.8) is 0 Å². The highest BCUT2D eigenvalue weighted by atomic mass is 32.2. The number of fused-ring (bicyclic) bond motifs is 1. The molecular weight excluding hydrogens is 286 g/mol. The summed E-state index contributed by atoms with van der Waals surface area (Å²) in [7, 11) is -3.42. The van der Waals surface area contributed by atoms with Gasteiger partial charge in [0.1, 0.15) is 0 Å². The molecule has 0 radical (unpaired) electrons. The average Bonchev–Trinajstić information content (AvgIpc) is 2.70. The van der Waals surface area contributed by atoms with Gasteiger partial charge in [-0.2, -0.15) is 12.7 Å². The fourth-order valence-corrected chi connectivity index (χ4v) is 4.72. The quantitative estimate of drug-likeness (QED) is 0.912. The third-order valence-electron chi connectivity index (χ3n) is 4.37. The number of piperidine rings is 1. The second kappa shape index (κ2) is 5.85. The summed E-state index contributed by atoms with van der Waals surface area (Å²) in [4.78, 5) is 0. The Kier molecular flexibility index (Phi) is 4.08. The molecule has 5 nitrogen and oxygen atoms in total. The number of hydrogen-bond donors (Lipinski definition) is 1. The summed E-state index contributed by atoms with van der Waals surface area (Å²) in [5.41, 5.74) is 1.68. The molecule has 21 heavy (non-hydrogen) atoms. The lowest BCUT2D eigenvalue weighted by Gasteiger charge is -2.34. The predicted octanol–water partition coefficient (Wildman–Crippen LogP) is 2.29. The molecule has 0 saturated carbocycles. The van der Waals surface area contributed by atoms with Gasteiger partial charge in [-0.1, -0.05) is 19.1 Å². The monoisotopic (exact) mass is 309 g/mol. The van der Waals surface area contributed by atoms with E-state index >= 15 is 0 Å². The minimum absolute atomic E-state index is 0.540. The van der Waals surface area contributed by atoms with Crippen molar-refractivity contribution in [1.29, 1.82) is 0 Å². The summed E-state index contributed by atoms with van der Waals surface area (Å²) in [5.74, 6) is 0.620. The maximum absolute atomic E-state index is 13.0. The smallest absolute Gasteiger partial charge is 0.304 e. The molecule has 1 aromatic carbocycles. The summed E-state index contributed by atoms with van der Waals surface area (Å²) >= 11 is 0. The fraction of sp³-hybridized carbons (Fsp3) is 0.600. The molecular formula is C15H23N3O2S. The Morgan fingerprint density at radius 1 is 1.14 bits per heavy atom. The van der Waals surface area contributed by atoms with Gasteiger partial charge in [0, 0.05) is 26.2 Å². The van der Waals surface area contributed by atoms with Crippen LogP contribution in [0.3, 0.4) is 0 Å². The number of anilines is 2. The van der Waals surface area contributed by atoms with E-state index in [0.717, 1.165) is 37.2 Å². The number of nitrogens with zero attached hydrogens (tertiary/aromatic N) is 2. The lowest BCUT2D eigenvalue weighted by atomic mass is 10.0. The first kappa shape index (κ1) is 14.7. The van der Waals surface area contributed by atoms with Gasteiger partial charge in [-0.05, 0) is 37.3 Å². The summed E-state index contributed by atoms with van der Waals surface area (Å²) < 4.78 is 29.2. The van der Waals surface area contributed by atoms with E-state index in [2.05, 4.69) is 12.2 Å². The van der Waals surface area contributed by atoms with Gasteiger partial charge >= 0.3 is 10.2 Å². The van der Waals surface area contributed by atoms with E-state index < -0.39 is 10.2 Å².